The van der Waals surface area contributed by atoms with Gasteiger partial charge in [-0.05, 0) is 38.3 Å². The van der Waals surface area contributed by atoms with Crippen molar-refractivity contribution >= 4 is 11.8 Å². The van der Waals surface area contributed by atoms with Crippen molar-refractivity contribution in [3.05, 3.63) is 35.4 Å². The molecule has 2 heterocycles. The highest BCUT2D eigenvalue weighted by Gasteiger charge is 2.71. The average molecular weight is 301 g/mol. The molecule has 0 N–H and O–H groups in total. The van der Waals surface area contributed by atoms with E-state index in [9.17, 15) is 9.59 Å². The van der Waals surface area contributed by atoms with Crippen molar-refractivity contribution in [2.24, 2.45) is 0 Å². The van der Waals surface area contributed by atoms with Crippen LogP contribution in [0.3, 0.4) is 0 Å². The van der Waals surface area contributed by atoms with Crippen LogP contribution in [0.2, 0.25) is 0 Å². The summed E-state index contributed by atoms with van der Waals surface area (Å²) >= 11 is 0. The van der Waals surface area contributed by atoms with Gasteiger partial charge in [-0.3, -0.25) is 14.5 Å². The van der Waals surface area contributed by atoms with E-state index in [1.807, 2.05) is 6.92 Å². The van der Waals surface area contributed by atoms with Crippen LogP contribution in [0.5, 0.6) is 0 Å². The number of amides is 2. The summed E-state index contributed by atoms with van der Waals surface area (Å²) in [6.07, 6.45) is 2.58. The number of carbonyl (C=O) groups is 2. The first-order chi connectivity index (χ1) is 10.5. The Morgan fingerprint density at radius 2 is 1.50 bits per heavy atom. The van der Waals surface area contributed by atoms with Gasteiger partial charge in [-0.15, -0.1) is 0 Å². The number of rotatable bonds is 5. The lowest BCUT2D eigenvalue weighted by Gasteiger charge is -2.30. The van der Waals surface area contributed by atoms with Gasteiger partial charge < -0.3 is 4.74 Å². The first kappa shape index (κ1) is 15.2. The summed E-state index contributed by atoms with van der Waals surface area (Å²) in [5, 5.41) is 0. The van der Waals surface area contributed by atoms with Gasteiger partial charge in [0.2, 0.25) is 0 Å². The van der Waals surface area contributed by atoms with E-state index >= 15 is 0 Å². The fraction of sp³-hybridized carbons (Fsp3) is 0.556. The van der Waals surface area contributed by atoms with Crippen LogP contribution in [-0.4, -0.2) is 34.0 Å². The van der Waals surface area contributed by atoms with E-state index in [-0.39, 0.29) is 23.5 Å². The third-order valence-corrected chi connectivity index (χ3v) is 5.66. The Morgan fingerprint density at radius 3 is 1.86 bits per heavy atom. The van der Waals surface area contributed by atoms with Gasteiger partial charge in [0.25, 0.3) is 11.8 Å². The molecule has 2 aliphatic rings. The zero-order valence-corrected chi connectivity index (χ0v) is 13.7. The molecule has 4 nitrogen and oxygen atoms in total. The predicted molar refractivity (Wildman–Crippen MR) is 83.8 cm³/mol. The molecule has 2 unspecified atom stereocenters. The molecule has 0 saturated carbocycles. The summed E-state index contributed by atoms with van der Waals surface area (Å²) in [7, 11) is 0. The van der Waals surface area contributed by atoms with Crippen molar-refractivity contribution in [2.75, 3.05) is 0 Å². The maximum Gasteiger partial charge on any atom is 0.261 e. The van der Waals surface area contributed by atoms with Crippen molar-refractivity contribution in [1.29, 1.82) is 0 Å². The number of hydrogen-bond acceptors (Lipinski definition) is 3. The highest BCUT2D eigenvalue weighted by molar-refractivity contribution is 6.21. The maximum atomic E-state index is 12.7. The zero-order chi connectivity index (χ0) is 16.1. The molecule has 1 aromatic rings. The molecule has 118 valence electrons. The van der Waals surface area contributed by atoms with Crippen molar-refractivity contribution in [1.82, 2.24) is 4.90 Å². The highest BCUT2D eigenvalue weighted by Crippen LogP contribution is 2.58. The van der Waals surface area contributed by atoms with Gasteiger partial charge in [0, 0.05) is 0 Å². The minimum Gasteiger partial charge on any atom is -0.360 e. The molecule has 0 aromatic heterocycles. The van der Waals surface area contributed by atoms with Gasteiger partial charge >= 0.3 is 0 Å². The molecule has 0 radical (unpaired) electrons. The van der Waals surface area contributed by atoms with Crippen LogP contribution in [0, 0.1) is 0 Å². The Bertz CT molecular complexity index is 600. The Morgan fingerprint density at radius 1 is 1.00 bits per heavy atom. The molecule has 1 fully saturated rings. The van der Waals surface area contributed by atoms with Crippen LogP contribution >= 0.6 is 0 Å². The van der Waals surface area contributed by atoms with Gasteiger partial charge in [0.15, 0.2) is 0 Å². The number of fused-ring (bicyclic) bond motifs is 1. The lowest BCUT2D eigenvalue weighted by molar-refractivity contribution is 0.0502. The highest BCUT2D eigenvalue weighted by atomic mass is 16.6. The molecule has 2 aliphatic heterocycles. The van der Waals surface area contributed by atoms with E-state index in [2.05, 4.69) is 20.8 Å². The molecule has 3 rings (SSSR count). The molecular weight excluding hydrogens is 278 g/mol. The fourth-order valence-electron chi connectivity index (χ4n) is 4.24. The summed E-state index contributed by atoms with van der Waals surface area (Å²) < 4.78 is 6.16. The normalized spacial score (nSPS) is 27.0. The predicted octanol–water partition coefficient (Wildman–Crippen LogP) is 3.41. The van der Waals surface area contributed by atoms with Gasteiger partial charge in [0.05, 0.1) is 22.8 Å². The van der Waals surface area contributed by atoms with Crippen molar-refractivity contribution < 1.29 is 14.3 Å². The number of hydrogen-bond donors (Lipinski definition) is 0. The lowest BCUT2D eigenvalue weighted by Crippen LogP contribution is -2.49. The number of nitrogens with zero attached hydrogens (tertiary/aromatic N) is 1. The second kappa shape index (κ2) is 4.92. The van der Waals surface area contributed by atoms with Crippen molar-refractivity contribution in [2.45, 2.75) is 64.2 Å². The van der Waals surface area contributed by atoms with Crippen LogP contribution in [-0.2, 0) is 4.74 Å². The summed E-state index contributed by atoms with van der Waals surface area (Å²) in [6.45, 7) is 8.23. The minimum atomic E-state index is -0.413. The first-order valence-corrected chi connectivity index (χ1v) is 8.15. The average Bonchev–Trinajstić information content (AvgIpc) is 3.17. The van der Waals surface area contributed by atoms with Crippen LogP contribution in [0.4, 0.5) is 0 Å². The van der Waals surface area contributed by atoms with Crippen molar-refractivity contribution in [3.8, 4) is 0 Å². The van der Waals surface area contributed by atoms with E-state index in [0.717, 1.165) is 19.3 Å². The van der Waals surface area contributed by atoms with Crippen LogP contribution in [0.1, 0.15) is 67.7 Å². The quantitative estimate of drug-likeness (QED) is 0.618. The van der Waals surface area contributed by atoms with Gasteiger partial charge in [-0.25, -0.2) is 0 Å². The zero-order valence-electron chi connectivity index (χ0n) is 13.7. The van der Waals surface area contributed by atoms with Crippen molar-refractivity contribution in [3.63, 3.8) is 0 Å². The molecule has 1 saturated heterocycles. The maximum absolute atomic E-state index is 12.7. The first-order valence-electron chi connectivity index (χ1n) is 8.15. The molecule has 2 atom stereocenters. The molecule has 4 heteroatoms. The van der Waals surface area contributed by atoms with E-state index in [0.29, 0.717) is 11.1 Å². The number of benzene rings is 1. The topological polar surface area (TPSA) is 49.9 Å². The Balaban J connectivity index is 1.96. The molecular formula is C18H23NO3. The summed E-state index contributed by atoms with van der Waals surface area (Å²) in [6, 6.07) is 6.78. The van der Waals surface area contributed by atoms with Crippen LogP contribution < -0.4 is 0 Å². The van der Waals surface area contributed by atoms with E-state index in [1.54, 1.807) is 24.3 Å². The minimum absolute atomic E-state index is 0.197. The summed E-state index contributed by atoms with van der Waals surface area (Å²) in [5.41, 5.74) is 0.384. The van der Waals surface area contributed by atoms with Gasteiger partial charge in [0.1, 0.15) is 5.60 Å². The van der Waals surface area contributed by atoms with Crippen LogP contribution in [0.15, 0.2) is 24.3 Å². The van der Waals surface area contributed by atoms with E-state index in [4.69, 9.17) is 4.74 Å². The molecule has 1 aromatic carbocycles. The van der Waals surface area contributed by atoms with Crippen LogP contribution in [0.25, 0.3) is 0 Å². The smallest absolute Gasteiger partial charge is 0.261 e. The second-order valence-electron chi connectivity index (χ2n) is 6.25. The molecule has 2 amide bonds. The van der Waals surface area contributed by atoms with Gasteiger partial charge in [-0.1, -0.05) is 32.9 Å². The standard InChI is InChI=1S/C18H23NO3/c1-5-17(6-2)18(7-3,22-17)12(4)19-15(20)13-10-8-9-11-14(13)16(19)21/h8-12H,5-7H2,1-4H3. The fourth-order valence-corrected chi connectivity index (χ4v) is 4.24. The molecule has 0 bridgehead atoms. The number of ether oxygens (including phenoxy) is 1. The second-order valence-corrected chi connectivity index (χ2v) is 6.25. The summed E-state index contributed by atoms with van der Waals surface area (Å²) in [5.74, 6) is -0.393. The Hall–Kier alpha value is -1.68. The third kappa shape index (κ3) is 1.67. The monoisotopic (exact) mass is 301 g/mol. The number of imide groups is 1. The molecule has 0 aliphatic carbocycles. The van der Waals surface area contributed by atoms with E-state index < -0.39 is 5.60 Å². The molecule has 22 heavy (non-hydrogen) atoms. The number of epoxide rings is 1. The Kier molecular flexibility index (Phi) is 3.40. The largest absolute Gasteiger partial charge is 0.360 e. The summed E-state index contributed by atoms with van der Waals surface area (Å²) in [4.78, 5) is 26.8. The SMILES string of the molecule is CCC1(CC)OC1(CC)C(C)N1C(=O)c2ccccc2C1=O. The molecule has 0 spiro atoms. The third-order valence-electron chi connectivity index (χ3n) is 5.66. The van der Waals surface area contributed by atoms with Gasteiger partial charge in [-0.2, -0.15) is 0 Å². The van der Waals surface area contributed by atoms with E-state index in [1.165, 1.54) is 4.90 Å². The Labute approximate surface area is 131 Å². The number of carbonyl (C=O) groups excluding carboxylic acids is 2. The lowest BCUT2D eigenvalue weighted by atomic mass is 9.80.